The molecule has 2 atom stereocenters. The predicted octanol–water partition coefficient (Wildman–Crippen LogP) is 4.04. The van der Waals surface area contributed by atoms with Gasteiger partial charge in [0.05, 0.1) is 26.4 Å². The first kappa shape index (κ1) is 24.6. The van der Waals surface area contributed by atoms with Crippen LogP contribution in [0.5, 0.6) is 23.0 Å². The molecule has 1 N–H and O–H groups in total. The first-order valence-corrected chi connectivity index (χ1v) is 12.6. The molecule has 190 valence electrons. The third kappa shape index (κ3) is 6.56. The van der Waals surface area contributed by atoms with Crippen LogP contribution in [0, 0.1) is 0 Å². The van der Waals surface area contributed by atoms with Crippen LogP contribution in [0.3, 0.4) is 0 Å². The standard InChI is InChI=1S/C29H34NO6/c31-24(20-33-21-27-22-34-28-11-4-5-12-29(28)36-27)19-30(13-15-32-16-14-30)18-23-7-6-10-26(17-23)35-25-8-2-1-3-9-25/h1-12,17,24,27,31H,13-16,18-22H2/q+1/t24-,27-/m0/s1. The Bertz CT molecular complexity index is 1100. The molecular weight excluding hydrogens is 458 g/mol. The molecule has 7 nitrogen and oxygen atoms in total. The Morgan fingerprint density at radius 2 is 1.64 bits per heavy atom. The van der Waals surface area contributed by atoms with Gasteiger partial charge in [-0.15, -0.1) is 0 Å². The van der Waals surface area contributed by atoms with Crippen molar-refractivity contribution in [2.24, 2.45) is 0 Å². The highest BCUT2D eigenvalue weighted by atomic mass is 16.6. The number of hydrogen-bond donors (Lipinski definition) is 1. The van der Waals surface area contributed by atoms with E-state index >= 15 is 0 Å². The van der Waals surface area contributed by atoms with E-state index in [0.717, 1.165) is 47.1 Å². The minimum absolute atomic E-state index is 0.189. The van der Waals surface area contributed by atoms with Gasteiger partial charge in [0, 0.05) is 5.56 Å². The second kappa shape index (κ2) is 11.8. The number of morpholine rings is 1. The van der Waals surface area contributed by atoms with Gasteiger partial charge in [0.25, 0.3) is 0 Å². The van der Waals surface area contributed by atoms with Crippen molar-refractivity contribution in [3.8, 4) is 23.0 Å². The second-order valence-electron chi connectivity index (χ2n) is 9.49. The molecule has 0 bridgehead atoms. The largest absolute Gasteiger partial charge is 0.486 e. The maximum atomic E-state index is 10.9. The van der Waals surface area contributed by atoms with Crippen LogP contribution in [0.1, 0.15) is 5.56 Å². The summed E-state index contributed by atoms with van der Waals surface area (Å²) in [5, 5.41) is 10.9. The minimum atomic E-state index is -0.594. The molecule has 0 aromatic heterocycles. The summed E-state index contributed by atoms with van der Waals surface area (Å²) in [6.07, 6.45) is -0.783. The van der Waals surface area contributed by atoms with E-state index in [1.807, 2.05) is 66.7 Å². The fourth-order valence-electron chi connectivity index (χ4n) is 4.84. The molecule has 3 aromatic rings. The predicted molar refractivity (Wildman–Crippen MR) is 136 cm³/mol. The Labute approximate surface area is 212 Å². The smallest absolute Gasteiger partial charge is 0.161 e. The zero-order valence-electron chi connectivity index (χ0n) is 20.5. The Morgan fingerprint density at radius 1 is 0.889 bits per heavy atom. The molecule has 5 rings (SSSR count). The number of benzene rings is 3. The minimum Gasteiger partial charge on any atom is -0.486 e. The van der Waals surface area contributed by atoms with E-state index in [2.05, 4.69) is 12.1 Å². The average Bonchev–Trinajstić information content (AvgIpc) is 2.90. The third-order valence-corrected chi connectivity index (χ3v) is 6.59. The molecule has 2 aliphatic rings. The Balaban J connectivity index is 1.16. The lowest BCUT2D eigenvalue weighted by molar-refractivity contribution is -0.950. The van der Waals surface area contributed by atoms with Gasteiger partial charge < -0.3 is 33.3 Å². The quantitative estimate of drug-likeness (QED) is 0.431. The van der Waals surface area contributed by atoms with Crippen LogP contribution in [-0.4, -0.2) is 74.5 Å². The van der Waals surface area contributed by atoms with Gasteiger partial charge in [-0.25, -0.2) is 0 Å². The molecule has 2 aliphatic heterocycles. The summed E-state index contributed by atoms with van der Waals surface area (Å²) in [7, 11) is 0. The van der Waals surface area contributed by atoms with Gasteiger partial charge in [-0.05, 0) is 36.4 Å². The van der Waals surface area contributed by atoms with E-state index in [9.17, 15) is 5.11 Å². The summed E-state index contributed by atoms with van der Waals surface area (Å²) in [6, 6.07) is 25.6. The number of fused-ring (bicyclic) bond motifs is 1. The molecule has 0 aliphatic carbocycles. The summed E-state index contributed by atoms with van der Waals surface area (Å²) >= 11 is 0. The van der Waals surface area contributed by atoms with E-state index in [1.165, 1.54) is 5.56 Å². The van der Waals surface area contributed by atoms with Crippen molar-refractivity contribution < 1.29 is 33.3 Å². The summed E-state index contributed by atoms with van der Waals surface area (Å²) < 4.78 is 30.0. The number of aliphatic hydroxyl groups excluding tert-OH is 1. The Hall–Kier alpha value is -3.10. The number of quaternary nitrogens is 1. The summed E-state index contributed by atoms with van der Waals surface area (Å²) in [5.74, 6) is 3.11. The van der Waals surface area contributed by atoms with Crippen molar-refractivity contribution in [2.45, 2.75) is 18.8 Å². The van der Waals surface area contributed by atoms with E-state index in [1.54, 1.807) is 0 Å². The van der Waals surface area contributed by atoms with Crippen molar-refractivity contribution >= 4 is 0 Å². The molecule has 0 radical (unpaired) electrons. The summed E-state index contributed by atoms with van der Waals surface area (Å²) in [4.78, 5) is 0. The van der Waals surface area contributed by atoms with E-state index in [4.69, 9.17) is 23.7 Å². The van der Waals surface area contributed by atoms with E-state index in [0.29, 0.717) is 33.0 Å². The Kier molecular flexibility index (Phi) is 8.03. The van der Waals surface area contributed by atoms with Crippen LogP contribution in [0.25, 0.3) is 0 Å². The van der Waals surface area contributed by atoms with Crippen molar-refractivity contribution in [3.05, 3.63) is 84.4 Å². The van der Waals surface area contributed by atoms with Crippen LogP contribution in [0.4, 0.5) is 0 Å². The third-order valence-electron chi connectivity index (χ3n) is 6.59. The number of aliphatic hydroxyl groups is 1. The molecule has 1 fully saturated rings. The monoisotopic (exact) mass is 492 g/mol. The fraction of sp³-hybridized carbons (Fsp3) is 0.379. The molecule has 0 unspecified atom stereocenters. The topological polar surface area (TPSA) is 66.4 Å². The molecule has 2 heterocycles. The lowest BCUT2D eigenvalue weighted by Crippen LogP contribution is -2.58. The Morgan fingerprint density at radius 3 is 2.47 bits per heavy atom. The molecule has 3 aromatic carbocycles. The molecule has 0 amide bonds. The molecule has 0 saturated carbocycles. The maximum Gasteiger partial charge on any atom is 0.161 e. The van der Waals surface area contributed by atoms with Crippen LogP contribution in [-0.2, 0) is 16.0 Å². The molecular formula is C29H34NO6+. The van der Waals surface area contributed by atoms with Gasteiger partial charge in [-0.2, -0.15) is 0 Å². The number of para-hydroxylation sites is 3. The number of ether oxygens (including phenoxy) is 5. The highest BCUT2D eigenvalue weighted by molar-refractivity contribution is 5.40. The lowest BCUT2D eigenvalue weighted by Gasteiger charge is -2.42. The van der Waals surface area contributed by atoms with E-state index < -0.39 is 6.10 Å². The van der Waals surface area contributed by atoms with Crippen molar-refractivity contribution in [1.82, 2.24) is 0 Å². The maximum absolute atomic E-state index is 10.9. The second-order valence-corrected chi connectivity index (χ2v) is 9.49. The van der Waals surface area contributed by atoms with Crippen LogP contribution >= 0.6 is 0 Å². The number of nitrogens with zero attached hydrogens (tertiary/aromatic N) is 1. The van der Waals surface area contributed by atoms with Gasteiger partial charge in [0.1, 0.15) is 50.4 Å². The number of hydrogen-bond acceptors (Lipinski definition) is 6. The molecule has 1 saturated heterocycles. The molecule has 0 spiro atoms. The average molecular weight is 493 g/mol. The zero-order chi connectivity index (χ0) is 24.6. The fourth-order valence-corrected chi connectivity index (χ4v) is 4.84. The lowest BCUT2D eigenvalue weighted by atomic mass is 10.1. The van der Waals surface area contributed by atoms with Crippen LogP contribution in [0.15, 0.2) is 78.9 Å². The van der Waals surface area contributed by atoms with Crippen LogP contribution in [0.2, 0.25) is 0 Å². The zero-order valence-corrected chi connectivity index (χ0v) is 20.5. The molecule has 36 heavy (non-hydrogen) atoms. The summed E-state index contributed by atoms with van der Waals surface area (Å²) in [5.41, 5.74) is 1.17. The SMILES string of the molecule is O[C@H](COC[C@H]1COc2ccccc2O1)C[N+]1(Cc2cccc(Oc3ccccc3)c2)CCOCC1. The van der Waals surface area contributed by atoms with Crippen molar-refractivity contribution in [2.75, 3.05) is 52.7 Å². The van der Waals surface area contributed by atoms with Gasteiger partial charge in [0.2, 0.25) is 0 Å². The normalized spacial score (nSPS) is 19.4. The van der Waals surface area contributed by atoms with Crippen molar-refractivity contribution in [1.29, 1.82) is 0 Å². The van der Waals surface area contributed by atoms with E-state index in [-0.39, 0.29) is 12.7 Å². The highest BCUT2D eigenvalue weighted by Crippen LogP contribution is 2.31. The van der Waals surface area contributed by atoms with Gasteiger partial charge in [-0.1, -0.05) is 42.5 Å². The van der Waals surface area contributed by atoms with Gasteiger partial charge >= 0.3 is 0 Å². The molecule has 7 heteroatoms. The first-order valence-electron chi connectivity index (χ1n) is 12.6. The first-order chi connectivity index (χ1) is 17.7. The van der Waals surface area contributed by atoms with Crippen LogP contribution < -0.4 is 14.2 Å². The van der Waals surface area contributed by atoms with Gasteiger partial charge in [0.15, 0.2) is 17.6 Å². The van der Waals surface area contributed by atoms with Crippen molar-refractivity contribution in [3.63, 3.8) is 0 Å². The number of rotatable bonds is 10. The van der Waals surface area contributed by atoms with Gasteiger partial charge in [-0.3, -0.25) is 0 Å². The summed E-state index contributed by atoms with van der Waals surface area (Å²) in [6.45, 7) is 5.49. The highest BCUT2D eigenvalue weighted by Gasteiger charge is 2.33.